The predicted octanol–water partition coefficient (Wildman–Crippen LogP) is 3.59. The fourth-order valence-corrected chi connectivity index (χ4v) is 2.03. The monoisotopic (exact) mass is 274 g/mol. The summed E-state index contributed by atoms with van der Waals surface area (Å²) in [6, 6.07) is 2.28. The van der Waals surface area contributed by atoms with Crippen LogP contribution in [0.25, 0.3) is 11.1 Å². The number of nitrogens with one attached hydrogen (secondary N) is 1. The minimum absolute atomic E-state index is 0.475. The lowest BCUT2D eigenvalue weighted by Gasteiger charge is -1.98. The Kier molecular flexibility index (Phi) is 2.41. The van der Waals surface area contributed by atoms with E-state index in [1.54, 1.807) is 7.05 Å². The molecule has 14 heavy (non-hydrogen) atoms. The lowest BCUT2D eigenvalue weighted by Crippen LogP contribution is -1.86. The first-order chi connectivity index (χ1) is 6.63. The molecular weight excluding hydrogens is 267 g/mol. The Morgan fingerprint density at radius 1 is 1.57 bits per heavy atom. The highest BCUT2D eigenvalue weighted by Gasteiger charge is 2.13. The first-order valence-corrected chi connectivity index (χ1v) is 5.23. The van der Waals surface area contributed by atoms with E-state index in [-0.39, 0.29) is 0 Å². The van der Waals surface area contributed by atoms with Crippen molar-refractivity contribution in [2.24, 2.45) is 0 Å². The summed E-state index contributed by atoms with van der Waals surface area (Å²) in [7, 11) is 1.75. The first-order valence-electron chi connectivity index (χ1n) is 4.06. The molecule has 0 saturated heterocycles. The van der Waals surface area contributed by atoms with Gasteiger partial charge in [0.05, 0.1) is 5.02 Å². The van der Waals surface area contributed by atoms with Gasteiger partial charge in [0, 0.05) is 11.5 Å². The van der Waals surface area contributed by atoms with Gasteiger partial charge in [-0.1, -0.05) is 27.5 Å². The number of oxazole rings is 1. The smallest absolute Gasteiger partial charge is 0.295 e. The molecule has 2 aromatic rings. The molecule has 0 bridgehead atoms. The zero-order valence-corrected chi connectivity index (χ0v) is 10.0. The highest BCUT2D eigenvalue weighted by molar-refractivity contribution is 9.10. The molecule has 74 valence electrons. The van der Waals surface area contributed by atoms with Gasteiger partial charge in [0.2, 0.25) is 0 Å². The minimum Gasteiger partial charge on any atom is -0.422 e. The first kappa shape index (κ1) is 9.80. The Morgan fingerprint density at radius 3 is 2.93 bits per heavy atom. The van der Waals surface area contributed by atoms with Crippen LogP contribution in [0.15, 0.2) is 15.0 Å². The SMILES string of the molecule is CNc1nc2c(C)c(Br)cc(Cl)c2o1. The van der Waals surface area contributed by atoms with Crippen LogP contribution < -0.4 is 5.32 Å². The molecule has 0 radical (unpaired) electrons. The maximum absolute atomic E-state index is 6.01. The van der Waals surface area contributed by atoms with Crippen LogP contribution in [0.4, 0.5) is 6.01 Å². The van der Waals surface area contributed by atoms with E-state index < -0.39 is 0 Å². The molecule has 0 saturated carbocycles. The molecule has 0 aliphatic carbocycles. The van der Waals surface area contributed by atoms with Gasteiger partial charge in [-0.25, -0.2) is 0 Å². The van der Waals surface area contributed by atoms with Crippen molar-refractivity contribution in [2.45, 2.75) is 6.92 Å². The highest BCUT2D eigenvalue weighted by atomic mass is 79.9. The van der Waals surface area contributed by atoms with Gasteiger partial charge >= 0.3 is 0 Å². The van der Waals surface area contributed by atoms with E-state index in [0.29, 0.717) is 16.6 Å². The third-order valence-corrected chi connectivity index (χ3v) is 3.13. The van der Waals surface area contributed by atoms with E-state index in [4.69, 9.17) is 16.0 Å². The second-order valence-corrected chi connectivity index (χ2v) is 4.17. The average molecular weight is 276 g/mol. The second kappa shape index (κ2) is 3.44. The molecule has 0 spiro atoms. The van der Waals surface area contributed by atoms with Gasteiger partial charge in [0.25, 0.3) is 6.01 Å². The second-order valence-electron chi connectivity index (χ2n) is 2.91. The number of fused-ring (bicyclic) bond motifs is 1. The molecule has 0 unspecified atom stereocenters. The lowest BCUT2D eigenvalue weighted by molar-refractivity contribution is 0.620. The largest absolute Gasteiger partial charge is 0.422 e. The Hall–Kier alpha value is -0.740. The summed E-state index contributed by atoms with van der Waals surface area (Å²) in [5.74, 6) is 0. The van der Waals surface area contributed by atoms with Crippen LogP contribution in [0, 0.1) is 6.92 Å². The number of hydrogen-bond acceptors (Lipinski definition) is 3. The number of hydrogen-bond donors (Lipinski definition) is 1. The number of halogens is 2. The molecule has 0 atom stereocenters. The van der Waals surface area contributed by atoms with Gasteiger partial charge in [0.15, 0.2) is 5.58 Å². The van der Waals surface area contributed by atoms with Gasteiger partial charge in [-0.05, 0) is 18.6 Å². The zero-order valence-electron chi connectivity index (χ0n) is 7.69. The number of benzene rings is 1. The van der Waals surface area contributed by atoms with Crippen LogP contribution in [0.5, 0.6) is 0 Å². The van der Waals surface area contributed by atoms with Gasteiger partial charge in [-0.3, -0.25) is 0 Å². The zero-order chi connectivity index (χ0) is 10.3. The number of nitrogens with zero attached hydrogens (tertiary/aromatic N) is 1. The van der Waals surface area contributed by atoms with Crippen molar-refractivity contribution in [3.8, 4) is 0 Å². The standard InChI is InChI=1S/C9H8BrClN2O/c1-4-5(10)3-6(11)8-7(4)13-9(12-2)14-8/h3H,1-2H3,(H,12,13). The number of aryl methyl sites for hydroxylation is 1. The van der Waals surface area contributed by atoms with Crippen molar-refractivity contribution in [1.82, 2.24) is 4.98 Å². The third-order valence-electron chi connectivity index (χ3n) is 2.02. The third kappa shape index (κ3) is 1.38. The van der Waals surface area contributed by atoms with E-state index in [1.807, 2.05) is 13.0 Å². The van der Waals surface area contributed by atoms with Crippen molar-refractivity contribution >= 4 is 44.6 Å². The van der Waals surface area contributed by atoms with Gasteiger partial charge in [-0.15, -0.1) is 0 Å². The summed E-state index contributed by atoms with van der Waals surface area (Å²) in [6.07, 6.45) is 0. The molecule has 0 amide bonds. The summed E-state index contributed by atoms with van der Waals surface area (Å²) in [5, 5.41) is 3.40. The van der Waals surface area contributed by atoms with Gasteiger partial charge in [0.1, 0.15) is 5.52 Å². The van der Waals surface area contributed by atoms with Crippen LogP contribution in [0.2, 0.25) is 5.02 Å². The summed E-state index contributed by atoms with van der Waals surface area (Å²) >= 11 is 9.42. The van der Waals surface area contributed by atoms with Crippen LogP contribution in [0.1, 0.15) is 5.56 Å². The van der Waals surface area contributed by atoms with E-state index in [1.165, 1.54) is 0 Å². The Balaban J connectivity index is 2.84. The van der Waals surface area contributed by atoms with Gasteiger partial charge < -0.3 is 9.73 Å². The number of aromatic nitrogens is 1. The Labute approximate surface area is 94.6 Å². The normalized spacial score (nSPS) is 10.9. The topological polar surface area (TPSA) is 38.1 Å². The molecule has 0 aliphatic heterocycles. The summed E-state index contributed by atoms with van der Waals surface area (Å²) in [6.45, 7) is 1.96. The molecular formula is C9H8BrClN2O. The molecule has 1 heterocycles. The number of rotatable bonds is 1. The van der Waals surface area contributed by atoms with Crippen molar-refractivity contribution in [3.63, 3.8) is 0 Å². The van der Waals surface area contributed by atoms with Crippen molar-refractivity contribution in [2.75, 3.05) is 12.4 Å². The van der Waals surface area contributed by atoms with Crippen LogP contribution in [-0.4, -0.2) is 12.0 Å². The molecule has 1 N–H and O–H groups in total. The van der Waals surface area contributed by atoms with Crippen LogP contribution in [0.3, 0.4) is 0 Å². The molecule has 3 nitrogen and oxygen atoms in total. The fraction of sp³-hybridized carbons (Fsp3) is 0.222. The quantitative estimate of drug-likeness (QED) is 0.864. The highest BCUT2D eigenvalue weighted by Crippen LogP contribution is 2.33. The van der Waals surface area contributed by atoms with Crippen LogP contribution >= 0.6 is 27.5 Å². The van der Waals surface area contributed by atoms with Crippen molar-refractivity contribution < 1.29 is 4.42 Å². The Morgan fingerprint density at radius 2 is 2.29 bits per heavy atom. The maximum atomic E-state index is 6.01. The van der Waals surface area contributed by atoms with Crippen molar-refractivity contribution in [3.05, 3.63) is 21.1 Å². The molecule has 5 heteroatoms. The maximum Gasteiger partial charge on any atom is 0.295 e. The van der Waals surface area contributed by atoms with E-state index in [2.05, 4.69) is 26.2 Å². The van der Waals surface area contributed by atoms with Crippen molar-refractivity contribution in [1.29, 1.82) is 0 Å². The predicted molar refractivity (Wildman–Crippen MR) is 61.0 cm³/mol. The van der Waals surface area contributed by atoms with E-state index in [9.17, 15) is 0 Å². The van der Waals surface area contributed by atoms with E-state index in [0.717, 1.165) is 15.6 Å². The summed E-state index contributed by atoms with van der Waals surface area (Å²) in [4.78, 5) is 4.26. The fourth-order valence-electron chi connectivity index (χ4n) is 1.24. The molecule has 0 fully saturated rings. The lowest BCUT2D eigenvalue weighted by atomic mass is 10.2. The average Bonchev–Trinajstić information content (AvgIpc) is 2.58. The number of anilines is 1. The Bertz CT molecular complexity index is 495. The van der Waals surface area contributed by atoms with E-state index >= 15 is 0 Å². The summed E-state index contributed by atoms with van der Waals surface area (Å²) in [5.41, 5.74) is 2.43. The molecule has 0 aliphatic rings. The minimum atomic E-state index is 0.475. The molecule has 1 aromatic carbocycles. The van der Waals surface area contributed by atoms with Crippen LogP contribution in [-0.2, 0) is 0 Å². The molecule has 2 rings (SSSR count). The summed E-state index contributed by atoms with van der Waals surface area (Å²) < 4.78 is 6.34. The molecule has 1 aromatic heterocycles. The van der Waals surface area contributed by atoms with Gasteiger partial charge in [-0.2, -0.15) is 4.98 Å².